The minimum absolute atomic E-state index is 0.371. The fraction of sp³-hybridized carbons (Fsp3) is 0.714. The molecule has 23 heavy (non-hydrogen) atoms. The van der Waals surface area contributed by atoms with Crippen LogP contribution in [0.3, 0.4) is 0 Å². The van der Waals surface area contributed by atoms with E-state index in [9.17, 15) is 5.11 Å². The average Bonchev–Trinajstić information content (AvgIpc) is 3.07. The molecule has 0 heterocycles. The third kappa shape index (κ3) is 4.29. The summed E-state index contributed by atoms with van der Waals surface area (Å²) in [6.07, 6.45) is 17.9. The van der Waals surface area contributed by atoms with E-state index in [1.807, 2.05) is 0 Å². The maximum atomic E-state index is 9.35. The van der Waals surface area contributed by atoms with E-state index in [1.54, 1.807) is 5.57 Å². The first kappa shape index (κ1) is 16.8. The fourth-order valence-electron chi connectivity index (χ4n) is 4.37. The van der Waals surface area contributed by atoms with Crippen LogP contribution >= 0.6 is 0 Å². The molecule has 3 atom stereocenters. The van der Waals surface area contributed by atoms with Gasteiger partial charge in [0.25, 0.3) is 0 Å². The maximum absolute atomic E-state index is 9.35. The predicted molar refractivity (Wildman–Crippen MR) is 95.0 cm³/mol. The van der Waals surface area contributed by atoms with E-state index in [0.717, 1.165) is 18.9 Å². The van der Waals surface area contributed by atoms with Crippen molar-refractivity contribution in [2.24, 2.45) is 17.8 Å². The molecule has 0 aliphatic heterocycles. The van der Waals surface area contributed by atoms with E-state index in [1.165, 1.54) is 62.7 Å². The van der Waals surface area contributed by atoms with Crippen LogP contribution in [0.1, 0.15) is 64.7 Å². The molecule has 2 heteroatoms. The zero-order valence-electron chi connectivity index (χ0n) is 14.6. The van der Waals surface area contributed by atoms with E-state index in [4.69, 9.17) is 4.74 Å². The Hall–Kier alpha value is -1.02. The number of ether oxygens (including phenoxy) is 1. The number of unbranched alkanes of at least 4 members (excludes halogenated alkanes) is 2. The Morgan fingerprint density at radius 3 is 2.83 bits per heavy atom. The van der Waals surface area contributed by atoms with E-state index in [-0.39, 0.29) is 0 Å². The fourth-order valence-corrected chi connectivity index (χ4v) is 4.37. The van der Waals surface area contributed by atoms with Crippen molar-refractivity contribution in [1.29, 1.82) is 0 Å². The summed E-state index contributed by atoms with van der Waals surface area (Å²) < 4.78 is 5.96. The zero-order chi connectivity index (χ0) is 16.1. The lowest BCUT2D eigenvalue weighted by molar-refractivity contribution is 0.188. The third-order valence-corrected chi connectivity index (χ3v) is 5.87. The summed E-state index contributed by atoms with van der Waals surface area (Å²) in [5.74, 6) is 3.16. The lowest BCUT2D eigenvalue weighted by atomic mass is 9.77. The summed E-state index contributed by atoms with van der Waals surface area (Å²) >= 11 is 0. The van der Waals surface area contributed by atoms with Gasteiger partial charge in [-0.1, -0.05) is 37.5 Å². The van der Waals surface area contributed by atoms with Crippen molar-refractivity contribution < 1.29 is 9.84 Å². The van der Waals surface area contributed by atoms with E-state index in [2.05, 4.69) is 25.2 Å². The van der Waals surface area contributed by atoms with Crippen molar-refractivity contribution in [2.45, 2.75) is 64.7 Å². The van der Waals surface area contributed by atoms with Crippen LogP contribution in [0.25, 0.3) is 0 Å². The molecule has 0 aromatic carbocycles. The first-order valence-corrected chi connectivity index (χ1v) is 9.65. The number of rotatable bonds is 7. The number of hydrogen-bond acceptors (Lipinski definition) is 2. The van der Waals surface area contributed by atoms with E-state index >= 15 is 0 Å². The quantitative estimate of drug-likeness (QED) is 0.658. The smallest absolute Gasteiger partial charge is 0.0962 e. The van der Waals surface area contributed by atoms with Crippen molar-refractivity contribution >= 4 is 0 Å². The topological polar surface area (TPSA) is 29.5 Å². The molecule has 128 valence electrons. The van der Waals surface area contributed by atoms with Gasteiger partial charge < -0.3 is 9.84 Å². The lowest BCUT2D eigenvalue weighted by Gasteiger charge is -2.30. The highest BCUT2D eigenvalue weighted by atomic mass is 16.5. The van der Waals surface area contributed by atoms with Gasteiger partial charge in [0.15, 0.2) is 0 Å². The Morgan fingerprint density at radius 2 is 2.04 bits per heavy atom. The second kappa shape index (κ2) is 8.19. The number of hydrogen-bond donors (Lipinski definition) is 1. The normalized spacial score (nSPS) is 30.3. The average molecular weight is 316 g/mol. The Kier molecular flexibility index (Phi) is 5.99. The summed E-state index contributed by atoms with van der Waals surface area (Å²) in [6.45, 7) is 3.48. The Balaban J connectivity index is 1.57. The molecule has 3 rings (SSSR count). The molecular formula is C21H32O2. The molecule has 0 spiro atoms. The highest BCUT2D eigenvalue weighted by Crippen LogP contribution is 2.43. The highest BCUT2D eigenvalue weighted by Gasteiger charge is 2.30. The molecule has 3 aliphatic rings. The molecular weight excluding hydrogens is 284 g/mol. The molecule has 1 N–H and O–H groups in total. The molecule has 1 saturated carbocycles. The molecule has 0 bridgehead atoms. The van der Waals surface area contributed by atoms with E-state index in [0.29, 0.717) is 18.4 Å². The van der Waals surface area contributed by atoms with Gasteiger partial charge in [0.1, 0.15) is 0 Å². The lowest BCUT2D eigenvalue weighted by Crippen LogP contribution is -2.17. The molecule has 3 aliphatic carbocycles. The van der Waals surface area contributed by atoms with Gasteiger partial charge in [-0.2, -0.15) is 0 Å². The van der Waals surface area contributed by atoms with Crippen LogP contribution in [0.2, 0.25) is 0 Å². The second-order valence-corrected chi connectivity index (χ2v) is 7.57. The summed E-state index contributed by atoms with van der Waals surface area (Å²) in [5.41, 5.74) is 3.11. The molecule has 0 amide bonds. The second-order valence-electron chi connectivity index (χ2n) is 7.57. The van der Waals surface area contributed by atoms with Crippen molar-refractivity contribution in [3.8, 4) is 0 Å². The van der Waals surface area contributed by atoms with Gasteiger partial charge in [0, 0.05) is 13.0 Å². The molecule has 0 aromatic heterocycles. The summed E-state index contributed by atoms with van der Waals surface area (Å²) in [5, 5.41) is 9.35. The van der Waals surface area contributed by atoms with Crippen molar-refractivity contribution in [1.82, 2.24) is 0 Å². The van der Waals surface area contributed by atoms with Crippen LogP contribution in [0.5, 0.6) is 0 Å². The molecule has 1 fully saturated rings. The van der Waals surface area contributed by atoms with Crippen LogP contribution in [-0.2, 0) is 4.74 Å². The van der Waals surface area contributed by atoms with E-state index < -0.39 is 0 Å². The molecule has 2 nitrogen and oxygen atoms in total. The standard InChI is InChI=1S/C21H32O2/c1-2-3-4-11-23-21-10-9-19-13-18(7-8-20(19)14-21)17-6-5-16(12-17)15-22/h7-8,14,16-17,19,22H,2-6,9-13,15H2,1H3/t16-,17+,19?/m0/s1. The van der Waals surface area contributed by atoms with Crippen molar-refractivity contribution in [2.75, 3.05) is 13.2 Å². The monoisotopic (exact) mass is 316 g/mol. The Labute approximate surface area is 141 Å². The number of aliphatic hydroxyl groups is 1. The first-order valence-electron chi connectivity index (χ1n) is 9.65. The van der Waals surface area contributed by atoms with Crippen molar-refractivity contribution in [3.63, 3.8) is 0 Å². The number of fused-ring (bicyclic) bond motifs is 1. The zero-order valence-corrected chi connectivity index (χ0v) is 14.6. The summed E-state index contributed by atoms with van der Waals surface area (Å²) in [7, 11) is 0. The van der Waals surface area contributed by atoms with Crippen LogP contribution in [0, 0.1) is 17.8 Å². The third-order valence-electron chi connectivity index (χ3n) is 5.87. The number of allylic oxidation sites excluding steroid dienone is 6. The Bertz CT molecular complexity index is 486. The van der Waals surface area contributed by atoms with Gasteiger partial charge in [-0.05, 0) is 67.9 Å². The van der Waals surface area contributed by atoms with Gasteiger partial charge in [0.2, 0.25) is 0 Å². The molecule has 0 saturated heterocycles. The van der Waals surface area contributed by atoms with Crippen LogP contribution in [0.15, 0.2) is 35.1 Å². The predicted octanol–water partition coefficient (Wildman–Crippen LogP) is 5.15. The molecule has 1 unspecified atom stereocenters. The Morgan fingerprint density at radius 1 is 1.13 bits per heavy atom. The largest absolute Gasteiger partial charge is 0.498 e. The molecule has 0 radical (unpaired) electrons. The number of aliphatic hydroxyl groups excluding tert-OH is 1. The molecule has 0 aromatic rings. The first-order chi connectivity index (χ1) is 11.3. The van der Waals surface area contributed by atoms with Crippen LogP contribution in [0.4, 0.5) is 0 Å². The minimum atomic E-state index is 0.371. The summed E-state index contributed by atoms with van der Waals surface area (Å²) in [6, 6.07) is 0. The van der Waals surface area contributed by atoms with Gasteiger partial charge in [-0.3, -0.25) is 0 Å². The van der Waals surface area contributed by atoms with Gasteiger partial charge in [0.05, 0.1) is 12.4 Å². The van der Waals surface area contributed by atoms with Gasteiger partial charge in [-0.25, -0.2) is 0 Å². The highest BCUT2D eigenvalue weighted by molar-refractivity contribution is 5.37. The van der Waals surface area contributed by atoms with Crippen LogP contribution in [-0.4, -0.2) is 18.3 Å². The maximum Gasteiger partial charge on any atom is 0.0962 e. The van der Waals surface area contributed by atoms with Gasteiger partial charge >= 0.3 is 0 Å². The van der Waals surface area contributed by atoms with Crippen LogP contribution < -0.4 is 0 Å². The summed E-state index contributed by atoms with van der Waals surface area (Å²) in [4.78, 5) is 0. The SMILES string of the molecule is CCCCCOC1=CC2=CC=C([C@@H]3CC[C@H](CO)C3)CC2CC1. The minimum Gasteiger partial charge on any atom is -0.498 e. The van der Waals surface area contributed by atoms with Gasteiger partial charge in [-0.15, -0.1) is 0 Å². The van der Waals surface area contributed by atoms with Crippen molar-refractivity contribution in [3.05, 3.63) is 35.1 Å².